The van der Waals surface area contributed by atoms with Crippen molar-refractivity contribution in [2.24, 2.45) is 5.73 Å². The highest BCUT2D eigenvalue weighted by atomic mass is 19.4. The van der Waals surface area contributed by atoms with Crippen LogP contribution in [-0.4, -0.2) is 46.3 Å². The van der Waals surface area contributed by atoms with E-state index >= 15 is 0 Å². The summed E-state index contributed by atoms with van der Waals surface area (Å²) in [6.45, 7) is -0.880. The third-order valence-corrected chi connectivity index (χ3v) is 4.62. The maximum absolute atomic E-state index is 12.9. The summed E-state index contributed by atoms with van der Waals surface area (Å²) in [4.78, 5) is 13.6. The van der Waals surface area contributed by atoms with Crippen molar-refractivity contribution in [1.29, 1.82) is 0 Å². The van der Waals surface area contributed by atoms with E-state index in [4.69, 9.17) is 5.73 Å². The standard InChI is InChI=1S/C15H17F3N2O2/c16-15(17,18)14(22)5-6-20(9-14)12(21)13(19)7-10-3-1-2-4-11(10)8-13/h1-4,22H,5-9,19H2. The predicted molar refractivity (Wildman–Crippen MR) is 73.0 cm³/mol. The van der Waals surface area contributed by atoms with Crippen molar-refractivity contribution in [2.75, 3.05) is 13.1 Å². The molecule has 0 radical (unpaired) electrons. The summed E-state index contributed by atoms with van der Waals surface area (Å²) in [7, 11) is 0. The number of carbonyl (C=O) groups is 1. The van der Waals surface area contributed by atoms with E-state index in [0.717, 1.165) is 16.0 Å². The molecule has 22 heavy (non-hydrogen) atoms. The number of rotatable bonds is 1. The van der Waals surface area contributed by atoms with Gasteiger partial charge >= 0.3 is 6.18 Å². The minimum Gasteiger partial charge on any atom is -0.379 e. The lowest BCUT2D eigenvalue weighted by molar-refractivity contribution is -0.253. The molecule has 3 rings (SSSR count). The Hall–Kier alpha value is -1.60. The Labute approximate surface area is 125 Å². The topological polar surface area (TPSA) is 66.6 Å². The van der Waals surface area contributed by atoms with Crippen molar-refractivity contribution in [3.63, 3.8) is 0 Å². The number of benzene rings is 1. The second-order valence-electron chi connectivity index (χ2n) is 6.28. The molecule has 1 amide bonds. The molecule has 1 aromatic rings. The van der Waals surface area contributed by atoms with Crippen molar-refractivity contribution in [3.05, 3.63) is 35.4 Å². The summed E-state index contributed by atoms with van der Waals surface area (Å²) < 4.78 is 38.6. The lowest BCUT2D eigenvalue weighted by Gasteiger charge is -2.30. The van der Waals surface area contributed by atoms with Gasteiger partial charge in [0, 0.05) is 13.0 Å². The first kappa shape index (κ1) is 15.3. The second-order valence-corrected chi connectivity index (χ2v) is 6.28. The van der Waals surface area contributed by atoms with Gasteiger partial charge in [-0.15, -0.1) is 0 Å². The van der Waals surface area contributed by atoms with Crippen molar-refractivity contribution in [3.8, 4) is 0 Å². The number of likely N-dealkylation sites (tertiary alicyclic amines) is 1. The molecule has 1 saturated heterocycles. The number of amides is 1. The molecule has 7 heteroatoms. The zero-order valence-electron chi connectivity index (χ0n) is 11.9. The number of carbonyl (C=O) groups excluding carboxylic acids is 1. The molecule has 1 aromatic carbocycles. The number of halogens is 3. The Morgan fingerprint density at radius 1 is 1.23 bits per heavy atom. The molecule has 1 aliphatic carbocycles. The smallest absolute Gasteiger partial charge is 0.379 e. The second kappa shape index (κ2) is 4.70. The number of aliphatic hydroxyl groups is 1. The van der Waals surface area contributed by atoms with Crippen molar-refractivity contribution in [1.82, 2.24) is 4.90 Å². The quantitative estimate of drug-likeness (QED) is 0.813. The molecule has 0 spiro atoms. The first-order valence-electron chi connectivity index (χ1n) is 7.09. The van der Waals surface area contributed by atoms with Gasteiger partial charge in [0.25, 0.3) is 0 Å². The van der Waals surface area contributed by atoms with Crippen LogP contribution in [0.2, 0.25) is 0 Å². The summed E-state index contributed by atoms with van der Waals surface area (Å²) >= 11 is 0. The lowest BCUT2D eigenvalue weighted by atomic mass is 9.95. The monoisotopic (exact) mass is 314 g/mol. The van der Waals surface area contributed by atoms with Gasteiger partial charge in [-0.05, 0) is 24.0 Å². The van der Waals surface area contributed by atoms with E-state index in [1.807, 2.05) is 24.3 Å². The molecule has 0 aromatic heterocycles. The summed E-state index contributed by atoms with van der Waals surface area (Å²) in [6.07, 6.45) is -4.64. The normalized spacial score (nSPS) is 27.0. The van der Waals surface area contributed by atoms with E-state index in [1.54, 1.807) is 0 Å². The van der Waals surface area contributed by atoms with Crippen LogP contribution in [-0.2, 0) is 17.6 Å². The van der Waals surface area contributed by atoms with Crippen LogP contribution in [0, 0.1) is 0 Å². The average Bonchev–Trinajstić information content (AvgIpc) is 2.98. The van der Waals surface area contributed by atoms with Crippen LogP contribution in [0.5, 0.6) is 0 Å². The minimum atomic E-state index is -4.75. The highest BCUT2D eigenvalue weighted by molar-refractivity contribution is 5.88. The lowest BCUT2D eigenvalue weighted by Crippen LogP contribution is -2.57. The molecule has 0 saturated carbocycles. The number of fused-ring (bicyclic) bond motifs is 1. The molecule has 3 N–H and O–H groups in total. The van der Waals surface area contributed by atoms with E-state index in [1.165, 1.54) is 0 Å². The average molecular weight is 314 g/mol. The van der Waals surface area contributed by atoms with Gasteiger partial charge < -0.3 is 15.7 Å². The van der Waals surface area contributed by atoms with Crippen LogP contribution in [0.3, 0.4) is 0 Å². The number of alkyl halides is 3. The number of hydrogen-bond donors (Lipinski definition) is 2. The molecule has 1 fully saturated rings. The van der Waals surface area contributed by atoms with Crippen LogP contribution in [0.4, 0.5) is 13.2 Å². The first-order chi connectivity index (χ1) is 10.1. The maximum Gasteiger partial charge on any atom is 0.419 e. The molecule has 120 valence electrons. The van der Waals surface area contributed by atoms with Crippen LogP contribution in [0.25, 0.3) is 0 Å². The number of nitrogens with two attached hydrogens (primary N) is 1. The van der Waals surface area contributed by atoms with Crippen molar-refractivity contribution < 1.29 is 23.1 Å². The van der Waals surface area contributed by atoms with Gasteiger partial charge in [-0.25, -0.2) is 0 Å². The first-order valence-corrected chi connectivity index (χ1v) is 7.09. The fourth-order valence-corrected chi connectivity index (χ4v) is 3.31. The number of β-amino-alcohol motifs (C(OH)–C–C–N with tert-alkyl or cyclic N) is 1. The van der Waals surface area contributed by atoms with E-state index in [9.17, 15) is 23.1 Å². The Bertz CT molecular complexity index is 592. The van der Waals surface area contributed by atoms with E-state index in [0.29, 0.717) is 12.8 Å². The summed E-state index contributed by atoms with van der Waals surface area (Å²) in [6, 6.07) is 7.42. The third kappa shape index (κ3) is 2.28. The maximum atomic E-state index is 12.9. The Morgan fingerprint density at radius 2 is 1.77 bits per heavy atom. The summed E-state index contributed by atoms with van der Waals surface area (Å²) in [5, 5.41) is 9.69. The molecule has 2 aliphatic rings. The van der Waals surface area contributed by atoms with E-state index < -0.39 is 36.2 Å². The van der Waals surface area contributed by atoms with E-state index in [-0.39, 0.29) is 6.54 Å². The van der Waals surface area contributed by atoms with Gasteiger partial charge in [0.15, 0.2) is 5.60 Å². The Morgan fingerprint density at radius 3 is 2.23 bits per heavy atom. The predicted octanol–water partition coefficient (Wildman–Crippen LogP) is 1.01. The Kier molecular flexibility index (Phi) is 3.27. The highest BCUT2D eigenvalue weighted by Crippen LogP contribution is 2.39. The molecule has 1 unspecified atom stereocenters. The SMILES string of the molecule is NC1(C(=O)N2CCC(O)(C(F)(F)F)C2)Cc2ccccc2C1. The highest BCUT2D eigenvalue weighted by Gasteiger charge is 2.59. The molecule has 1 atom stereocenters. The van der Waals surface area contributed by atoms with Gasteiger partial charge in [0.05, 0.1) is 6.54 Å². The van der Waals surface area contributed by atoms with Crippen LogP contribution < -0.4 is 5.73 Å². The summed E-state index contributed by atoms with van der Waals surface area (Å²) in [5.41, 5.74) is 4.02. The van der Waals surface area contributed by atoms with E-state index in [2.05, 4.69) is 0 Å². The van der Waals surface area contributed by atoms with Crippen LogP contribution in [0.15, 0.2) is 24.3 Å². The van der Waals surface area contributed by atoms with Crippen LogP contribution >= 0.6 is 0 Å². The van der Waals surface area contributed by atoms with Crippen LogP contribution in [0.1, 0.15) is 17.5 Å². The van der Waals surface area contributed by atoms with Gasteiger partial charge in [0.2, 0.25) is 5.91 Å². The van der Waals surface area contributed by atoms with Crippen molar-refractivity contribution >= 4 is 5.91 Å². The largest absolute Gasteiger partial charge is 0.419 e. The molecule has 1 aliphatic heterocycles. The zero-order chi connectivity index (χ0) is 16.2. The van der Waals surface area contributed by atoms with Crippen molar-refractivity contribution in [2.45, 2.75) is 36.6 Å². The number of hydrogen-bond acceptors (Lipinski definition) is 3. The fourth-order valence-electron chi connectivity index (χ4n) is 3.31. The Balaban J connectivity index is 1.77. The molecular weight excluding hydrogens is 297 g/mol. The van der Waals surface area contributed by atoms with Gasteiger partial charge in [-0.2, -0.15) is 13.2 Å². The number of nitrogens with zero attached hydrogens (tertiary/aromatic N) is 1. The third-order valence-electron chi connectivity index (χ3n) is 4.62. The summed E-state index contributed by atoms with van der Waals surface area (Å²) in [5.74, 6) is -0.524. The zero-order valence-corrected chi connectivity index (χ0v) is 11.9. The molecule has 0 bridgehead atoms. The molecular formula is C15H17F3N2O2. The minimum absolute atomic E-state index is 0.135. The van der Waals surface area contributed by atoms with Gasteiger partial charge in [-0.1, -0.05) is 24.3 Å². The molecule has 1 heterocycles. The van der Waals surface area contributed by atoms with Gasteiger partial charge in [-0.3, -0.25) is 4.79 Å². The van der Waals surface area contributed by atoms with Gasteiger partial charge in [0.1, 0.15) is 5.54 Å². The fraction of sp³-hybridized carbons (Fsp3) is 0.533. The molecule has 4 nitrogen and oxygen atoms in total.